The normalized spacial score (nSPS) is 11.0. The maximum Gasteiger partial charge on any atom is 0.145 e. The SMILES string of the molecule is COc1cc(OCc2cccc(-c3cccc(COc4cc(OC)c(N(C)CCO)cc4Cl)c3C)c2C)c(Cl)cc1CNCCO. The van der Waals surface area contributed by atoms with Gasteiger partial charge in [0, 0.05) is 44.4 Å². The fourth-order valence-electron chi connectivity index (χ4n) is 5.26. The molecule has 0 saturated heterocycles. The number of nitrogens with zero attached hydrogens (tertiary/aromatic N) is 1. The number of rotatable bonds is 16. The molecule has 0 bridgehead atoms. The molecule has 3 N–H and O–H groups in total. The molecule has 0 radical (unpaired) electrons. The van der Waals surface area contributed by atoms with Gasteiger partial charge in [0.2, 0.25) is 0 Å². The topological polar surface area (TPSA) is 92.7 Å². The fourth-order valence-corrected chi connectivity index (χ4v) is 5.71. The van der Waals surface area contributed by atoms with Crippen molar-refractivity contribution in [3.63, 3.8) is 0 Å². The van der Waals surface area contributed by atoms with Gasteiger partial charge in [-0.3, -0.25) is 0 Å². The molecule has 0 aromatic heterocycles. The number of likely N-dealkylation sites (N-methyl/N-ethyl adjacent to an activating group) is 1. The van der Waals surface area contributed by atoms with Crippen LogP contribution in [-0.4, -0.2) is 57.8 Å². The second kappa shape index (κ2) is 16.8. The molecule has 0 atom stereocenters. The van der Waals surface area contributed by atoms with Gasteiger partial charge in [-0.25, -0.2) is 0 Å². The fraction of sp³-hybridized carbons (Fsp3) is 0.333. The van der Waals surface area contributed by atoms with E-state index in [-0.39, 0.29) is 13.2 Å². The van der Waals surface area contributed by atoms with E-state index in [1.165, 1.54) is 0 Å². The van der Waals surface area contributed by atoms with Crippen molar-refractivity contribution in [1.82, 2.24) is 5.32 Å². The van der Waals surface area contributed by atoms with Gasteiger partial charge in [-0.1, -0.05) is 59.6 Å². The number of methoxy groups -OCH3 is 2. The lowest BCUT2D eigenvalue weighted by atomic mass is 9.92. The van der Waals surface area contributed by atoms with Crippen LogP contribution in [0.5, 0.6) is 23.0 Å². The molecule has 0 aliphatic heterocycles. The molecule has 8 nitrogen and oxygen atoms in total. The summed E-state index contributed by atoms with van der Waals surface area (Å²) in [6, 6.07) is 19.6. The summed E-state index contributed by atoms with van der Waals surface area (Å²) in [5.41, 5.74) is 8.13. The second-order valence-electron chi connectivity index (χ2n) is 10.9. The van der Waals surface area contributed by atoms with E-state index in [1.807, 2.05) is 36.2 Å². The molecule has 46 heavy (non-hydrogen) atoms. The molecule has 0 aliphatic carbocycles. The summed E-state index contributed by atoms with van der Waals surface area (Å²) < 4.78 is 23.5. The highest BCUT2D eigenvalue weighted by Gasteiger charge is 2.17. The maximum atomic E-state index is 9.33. The lowest BCUT2D eigenvalue weighted by molar-refractivity contribution is 0.291. The largest absolute Gasteiger partial charge is 0.496 e. The Morgan fingerprint density at radius 1 is 0.696 bits per heavy atom. The maximum absolute atomic E-state index is 9.33. The first kappa shape index (κ1) is 35.2. The van der Waals surface area contributed by atoms with Crippen molar-refractivity contribution < 1.29 is 29.2 Å². The minimum atomic E-state index is 0.0172. The Morgan fingerprint density at radius 3 is 1.76 bits per heavy atom. The molecular formula is C36H42Cl2N2O6. The van der Waals surface area contributed by atoms with E-state index in [1.54, 1.807) is 32.4 Å². The van der Waals surface area contributed by atoms with Crippen LogP contribution in [0, 0.1) is 13.8 Å². The van der Waals surface area contributed by atoms with Crippen LogP contribution in [0.1, 0.15) is 27.8 Å². The molecule has 4 aromatic rings. The molecule has 0 heterocycles. The van der Waals surface area contributed by atoms with E-state index in [4.69, 9.17) is 47.3 Å². The van der Waals surface area contributed by atoms with Gasteiger partial charge < -0.3 is 39.4 Å². The molecule has 0 aliphatic rings. The Labute approximate surface area is 281 Å². The van der Waals surface area contributed by atoms with Crippen LogP contribution in [-0.2, 0) is 19.8 Å². The van der Waals surface area contributed by atoms with Crippen molar-refractivity contribution in [3.8, 4) is 34.1 Å². The summed E-state index contributed by atoms with van der Waals surface area (Å²) in [5, 5.41) is 22.5. The lowest BCUT2D eigenvalue weighted by Crippen LogP contribution is -2.21. The third kappa shape index (κ3) is 8.37. The molecule has 0 amide bonds. The number of aliphatic hydroxyl groups is 2. The quantitative estimate of drug-likeness (QED) is 0.110. The van der Waals surface area contributed by atoms with Crippen molar-refractivity contribution in [2.75, 3.05) is 52.5 Å². The van der Waals surface area contributed by atoms with E-state index in [9.17, 15) is 5.11 Å². The van der Waals surface area contributed by atoms with Crippen molar-refractivity contribution in [2.45, 2.75) is 33.6 Å². The van der Waals surface area contributed by atoms with Crippen LogP contribution in [0.15, 0.2) is 60.7 Å². The lowest BCUT2D eigenvalue weighted by Gasteiger charge is -2.22. The monoisotopic (exact) mass is 668 g/mol. The van der Waals surface area contributed by atoms with Gasteiger partial charge in [-0.2, -0.15) is 0 Å². The van der Waals surface area contributed by atoms with E-state index >= 15 is 0 Å². The number of benzene rings is 4. The van der Waals surface area contributed by atoms with E-state index < -0.39 is 0 Å². The Hall–Kier alpha value is -3.66. The molecule has 10 heteroatoms. The van der Waals surface area contributed by atoms with Crippen LogP contribution in [0.25, 0.3) is 11.1 Å². The highest BCUT2D eigenvalue weighted by molar-refractivity contribution is 6.32. The van der Waals surface area contributed by atoms with Gasteiger partial charge in [-0.05, 0) is 59.4 Å². The van der Waals surface area contributed by atoms with Crippen molar-refractivity contribution >= 4 is 28.9 Å². The Balaban J connectivity index is 1.52. The van der Waals surface area contributed by atoms with E-state index in [0.29, 0.717) is 65.9 Å². The molecule has 0 saturated carbocycles. The summed E-state index contributed by atoms with van der Waals surface area (Å²) in [7, 11) is 5.07. The predicted molar refractivity (Wildman–Crippen MR) is 185 cm³/mol. The van der Waals surface area contributed by atoms with Crippen LogP contribution in [0.3, 0.4) is 0 Å². The zero-order valence-corrected chi connectivity index (χ0v) is 28.5. The molecule has 246 valence electrons. The van der Waals surface area contributed by atoms with Crippen molar-refractivity contribution in [1.29, 1.82) is 0 Å². The van der Waals surface area contributed by atoms with Gasteiger partial charge >= 0.3 is 0 Å². The Bertz CT molecular complexity index is 1630. The number of aliphatic hydroxyl groups excluding tert-OH is 2. The van der Waals surface area contributed by atoms with Gasteiger partial charge in [0.15, 0.2) is 0 Å². The average molecular weight is 670 g/mol. The number of ether oxygens (including phenoxy) is 4. The molecule has 0 unspecified atom stereocenters. The third-order valence-electron chi connectivity index (χ3n) is 7.97. The summed E-state index contributed by atoms with van der Waals surface area (Å²) in [6.07, 6.45) is 0. The van der Waals surface area contributed by atoms with Crippen molar-refractivity contribution in [2.24, 2.45) is 0 Å². The van der Waals surface area contributed by atoms with Crippen LogP contribution in [0.2, 0.25) is 10.0 Å². The third-order valence-corrected chi connectivity index (χ3v) is 8.56. The number of anilines is 1. The second-order valence-corrected chi connectivity index (χ2v) is 11.7. The number of hydrogen-bond acceptors (Lipinski definition) is 8. The highest BCUT2D eigenvalue weighted by atomic mass is 35.5. The minimum Gasteiger partial charge on any atom is -0.496 e. The Kier molecular flexibility index (Phi) is 12.8. The number of hydrogen-bond donors (Lipinski definition) is 3. The molecule has 0 fully saturated rings. The van der Waals surface area contributed by atoms with Crippen LogP contribution >= 0.6 is 23.2 Å². The summed E-state index contributed by atoms with van der Waals surface area (Å²) in [6.45, 7) is 6.35. The van der Waals surface area contributed by atoms with Gasteiger partial charge in [0.25, 0.3) is 0 Å². The summed E-state index contributed by atoms with van der Waals surface area (Å²) in [5.74, 6) is 2.33. The van der Waals surface area contributed by atoms with Gasteiger partial charge in [-0.15, -0.1) is 0 Å². The van der Waals surface area contributed by atoms with Gasteiger partial charge in [0.1, 0.15) is 36.2 Å². The van der Waals surface area contributed by atoms with Crippen LogP contribution < -0.4 is 29.2 Å². The first-order valence-corrected chi connectivity index (χ1v) is 15.8. The Morgan fingerprint density at radius 2 is 1.24 bits per heavy atom. The standard InChI is InChI=1S/C36H42Cl2N2O6/c1-23-25(21-45-34-18-33(43-4)27(16-30(34)37)20-39-12-14-41)8-6-10-28(23)29-11-7-9-26(24(29)2)22-46-35-19-36(44-5)32(17-31(35)38)40(3)13-15-42/h6-11,16-19,39,41-42H,12-15,20-22H2,1-5H3. The molecule has 0 spiro atoms. The van der Waals surface area contributed by atoms with Crippen LogP contribution in [0.4, 0.5) is 5.69 Å². The van der Waals surface area contributed by atoms with Gasteiger partial charge in [0.05, 0.1) is 43.2 Å². The number of halogens is 2. The number of nitrogens with one attached hydrogen (secondary N) is 1. The van der Waals surface area contributed by atoms with E-state index in [0.717, 1.165) is 44.6 Å². The average Bonchev–Trinajstić information content (AvgIpc) is 3.05. The minimum absolute atomic E-state index is 0.0172. The first-order chi connectivity index (χ1) is 22.2. The first-order valence-electron chi connectivity index (χ1n) is 15.0. The summed E-state index contributed by atoms with van der Waals surface area (Å²) in [4.78, 5) is 1.88. The highest BCUT2D eigenvalue weighted by Crippen LogP contribution is 2.39. The van der Waals surface area contributed by atoms with Crippen molar-refractivity contribution in [3.05, 3.63) is 98.5 Å². The summed E-state index contributed by atoms with van der Waals surface area (Å²) >= 11 is 13.2. The molecule has 4 rings (SSSR count). The van der Waals surface area contributed by atoms with E-state index in [2.05, 4.69) is 37.4 Å². The smallest absolute Gasteiger partial charge is 0.145 e. The predicted octanol–water partition coefficient (Wildman–Crippen LogP) is 6.96. The molecular weight excluding hydrogens is 627 g/mol. The molecule has 4 aromatic carbocycles. The zero-order chi connectivity index (χ0) is 33.2. The zero-order valence-electron chi connectivity index (χ0n) is 27.0.